The van der Waals surface area contributed by atoms with Crippen molar-refractivity contribution in [3.63, 3.8) is 0 Å². The van der Waals surface area contributed by atoms with Gasteiger partial charge >= 0.3 is 0 Å². The summed E-state index contributed by atoms with van der Waals surface area (Å²) in [5.41, 5.74) is 1.08. The highest BCUT2D eigenvalue weighted by atomic mass is 19.1. The van der Waals surface area contributed by atoms with Gasteiger partial charge < -0.3 is 10.2 Å². The Balaban J connectivity index is 1.84. The Morgan fingerprint density at radius 1 is 1.42 bits per heavy atom. The Morgan fingerprint density at radius 2 is 2.16 bits per heavy atom. The maximum Gasteiger partial charge on any atom is 0.124 e. The third-order valence-corrected chi connectivity index (χ3v) is 3.83. The van der Waals surface area contributed by atoms with Gasteiger partial charge in [-0.25, -0.2) is 4.39 Å². The van der Waals surface area contributed by atoms with E-state index in [2.05, 4.69) is 17.3 Å². The van der Waals surface area contributed by atoms with E-state index in [0.717, 1.165) is 13.1 Å². The minimum atomic E-state index is -0.370. The van der Waals surface area contributed by atoms with Gasteiger partial charge in [0.1, 0.15) is 11.9 Å². The molecule has 0 saturated heterocycles. The molecule has 0 amide bonds. The molecular formula is C15H20FN3. The van der Waals surface area contributed by atoms with Gasteiger partial charge in [-0.1, -0.05) is 12.8 Å². The Bertz CT molecular complexity index is 461. The molecule has 0 aliphatic heterocycles. The fraction of sp³-hybridized carbons (Fsp3) is 0.533. The topological polar surface area (TPSA) is 39.1 Å². The van der Waals surface area contributed by atoms with Crippen LogP contribution in [0.5, 0.6) is 0 Å². The van der Waals surface area contributed by atoms with E-state index in [1.54, 1.807) is 6.07 Å². The van der Waals surface area contributed by atoms with Gasteiger partial charge in [-0.05, 0) is 38.1 Å². The van der Waals surface area contributed by atoms with Crippen molar-refractivity contribution in [1.29, 1.82) is 5.26 Å². The molecule has 4 heteroatoms. The molecule has 1 fully saturated rings. The number of nitrogens with zero attached hydrogens (tertiary/aromatic N) is 2. The van der Waals surface area contributed by atoms with Crippen molar-refractivity contribution >= 4 is 5.69 Å². The molecule has 1 aliphatic carbocycles. The molecule has 0 atom stereocenters. The first-order valence-corrected chi connectivity index (χ1v) is 6.84. The van der Waals surface area contributed by atoms with Crippen molar-refractivity contribution in [2.45, 2.75) is 31.7 Å². The summed E-state index contributed by atoms with van der Waals surface area (Å²) in [6.07, 6.45) is 5.24. The van der Waals surface area contributed by atoms with Gasteiger partial charge in [0, 0.05) is 19.1 Å². The molecule has 1 saturated carbocycles. The summed E-state index contributed by atoms with van der Waals surface area (Å²) in [5.74, 6) is -0.370. The molecule has 0 spiro atoms. The number of benzene rings is 1. The van der Waals surface area contributed by atoms with Crippen molar-refractivity contribution in [3.05, 3.63) is 29.6 Å². The zero-order valence-electron chi connectivity index (χ0n) is 11.3. The third-order valence-electron chi connectivity index (χ3n) is 3.83. The first-order valence-electron chi connectivity index (χ1n) is 6.84. The summed E-state index contributed by atoms with van der Waals surface area (Å²) in [6.45, 7) is 1.71. The lowest BCUT2D eigenvalue weighted by atomic mass is 10.2. The second-order valence-electron chi connectivity index (χ2n) is 5.15. The van der Waals surface area contributed by atoms with Crippen LogP contribution < -0.4 is 5.32 Å². The van der Waals surface area contributed by atoms with Gasteiger partial charge in [-0.3, -0.25) is 0 Å². The summed E-state index contributed by atoms with van der Waals surface area (Å²) >= 11 is 0. The molecule has 0 heterocycles. The van der Waals surface area contributed by atoms with Crippen molar-refractivity contribution in [3.8, 4) is 6.07 Å². The van der Waals surface area contributed by atoms with Crippen LogP contribution in [0.2, 0.25) is 0 Å². The molecule has 1 N–H and O–H groups in total. The fourth-order valence-electron chi connectivity index (χ4n) is 2.66. The number of rotatable bonds is 5. The summed E-state index contributed by atoms with van der Waals surface area (Å²) in [4.78, 5) is 2.37. The van der Waals surface area contributed by atoms with Crippen molar-refractivity contribution in [1.82, 2.24) is 4.90 Å². The van der Waals surface area contributed by atoms with E-state index in [9.17, 15) is 4.39 Å². The highest BCUT2D eigenvalue weighted by Crippen LogP contribution is 2.22. The van der Waals surface area contributed by atoms with E-state index in [1.165, 1.54) is 37.8 Å². The average Bonchev–Trinajstić information content (AvgIpc) is 2.94. The molecule has 19 heavy (non-hydrogen) atoms. The molecule has 102 valence electrons. The molecule has 0 radical (unpaired) electrons. The average molecular weight is 261 g/mol. The zero-order chi connectivity index (χ0) is 13.7. The Morgan fingerprint density at radius 3 is 2.84 bits per heavy atom. The second-order valence-corrected chi connectivity index (χ2v) is 5.15. The SMILES string of the molecule is CN(CCNc1ccc(F)cc1C#N)C1CCCC1. The fourth-order valence-corrected chi connectivity index (χ4v) is 2.66. The lowest BCUT2D eigenvalue weighted by Crippen LogP contribution is -2.33. The van der Waals surface area contributed by atoms with E-state index < -0.39 is 0 Å². The molecule has 1 aromatic rings. The van der Waals surface area contributed by atoms with Crippen LogP contribution in [-0.4, -0.2) is 31.1 Å². The monoisotopic (exact) mass is 261 g/mol. The molecule has 0 aromatic heterocycles. The van der Waals surface area contributed by atoms with Crippen LogP contribution in [0.4, 0.5) is 10.1 Å². The molecule has 3 nitrogen and oxygen atoms in total. The highest BCUT2D eigenvalue weighted by Gasteiger charge is 2.18. The highest BCUT2D eigenvalue weighted by molar-refractivity contribution is 5.57. The van der Waals surface area contributed by atoms with E-state index in [4.69, 9.17) is 5.26 Å². The maximum absolute atomic E-state index is 13.0. The maximum atomic E-state index is 13.0. The predicted octanol–water partition coefficient (Wildman–Crippen LogP) is 2.98. The van der Waals surface area contributed by atoms with E-state index in [0.29, 0.717) is 17.3 Å². The van der Waals surface area contributed by atoms with Crippen molar-refractivity contribution in [2.24, 2.45) is 0 Å². The molecule has 1 aromatic carbocycles. The quantitative estimate of drug-likeness (QED) is 0.885. The van der Waals surface area contributed by atoms with Crippen molar-refractivity contribution in [2.75, 3.05) is 25.5 Å². The van der Waals surface area contributed by atoms with Gasteiger partial charge in [0.05, 0.1) is 11.3 Å². The summed E-state index contributed by atoms with van der Waals surface area (Å²) < 4.78 is 13.0. The number of halogens is 1. The van der Waals surface area contributed by atoms with Gasteiger partial charge in [0.15, 0.2) is 0 Å². The second kappa shape index (κ2) is 6.53. The van der Waals surface area contributed by atoms with Gasteiger partial charge in [0.2, 0.25) is 0 Å². The Hall–Kier alpha value is -1.60. The summed E-state index contributed by atoms with van der Waals surface area (Å²) in [5, 5.41) is 12.2. The van der Waals surface area contributed by atoms with Crippen LogP contribution >= 0.6 is 0 Å². The standard InChI is InChI=1S/C15H20FN3/c1-19(14-4-2-3-5-14)9-8-18-15-7-6-13(16)10-12(15)11-17/h6-7,10,14,18H,2-5,8-9H2,1H3. The van der Waals surface area contributed by atoms with Gasteiger partial charge in [-0.2, -0.15) is 5.26 Å². The molecular weight excluding hydrogens is 241 g/mol. The van der Waals surface area contributed by atoms with Crippen LogP contribution in [0, 0.1) is 17.1 Å². The van der Waals surface area contributed by atoms with Gasteiger partial charge in [-0.15, -0.1) is 0 Å². The third kappa shape index (κ3) is 3.68. The molecule has 2 rings (SSSR count). The van der Waals surface area contributed by atoms with Crippen LogP contribution in [-0.2, 0) is 0 Å². The Kier molecular flexibility index (Phi) is 4.75. The number of hydrogen-bond acceptors (Lipinski definition) is 3. The lowest BCUT2D eigenvalue weighted by molar-refractivity contribution is 0.254. The normalized spacial score (nSPS) is 15.7. The number of nitriles is 1. The van der Waals surface area contributed by atoms with E-state index in [1.807, 2.05) is 6.07 Å². The summed E-state index contributed by atoms with van der Waals surface area (Å²) in [7, 11) is 2.15. The smallest absolute Gasteiger partial charge is 0.124 e. The molecule has 1 aliphatic rings. The number of hydrogen-bond donors (Lipinski definition) is 1. The van der Waals surface area contributed by atoms with Crippen LogP contribution in [0.15, 0.2) is 18.2 Å². The van der Waals surface area contributed by atoms with Crippen LogP contribution in [0.3, 0.4) is 0 Å². The predicted molar refractivity (Wildman–Crippen MR) is 74.5 cm³/mol. The number of nitrogens with one attached hydrogen (secondary N) is 1. The number of likely N-dealkylation sites (N-methyl/N-ethyl adjacent to an activating group) is 1. The first-order chi connectivity index (χ1) is 9.20. The van der Waals surface area contributed by atoms with Crippen molar-refractivity contribution < 1.29 is 4.39 Å². The van der Waals surface area contributed by atoms with Crippen LogP contribution in [0.25, 0.3) is 0 Å². The Labute approximate surface area is 114 Å². The minimum absolute atomic E-state index is 0.364. The number of anilines is 1. The van der Waals surface area contributed by atoms with E-state index >= 15 is 0 Å². The van der Waals surface area contributed by atoms with Crippen LogP contribution in [0.1, 0.15) is 31.2 Å². The largest absolute Gasteiger partial charge is 0.383 e. The molecule has 0 unspecified atom stereocenters. The van der Waals surface area contributed by atoms with Gasteiger partial charge in [0.25, 0.3) is 0 Å². The summed E-state index contributed by atoms with van der Waals surface area (Å²) in [6, 6.07) is 6.99. The zero-order valence-corrected chi connectivity index (χ0v) is 11.3. The molecule has 0 bridgehead atoms. The minimum Gasteiger partial charge on any atom is -0.383 e. The lowest BCUT2D eigenvalue weighted by Gasteiger charge is -2.24. The van der Waals surface area contributed by atoms with E-state index in [-0.39, 0.29) is 5.82 Å². The first kappa shape index (κ1) is 13.8.